The zero-order valence-corrected chi connectivity index (χ0v) is 14.2. The highest BCUT2D eigenvalue weighted by Crippen LogP contribution is 2.30. The van der Waals surface area contributed by atoms with Crippen LogP contribution in [0.1, 0.15) is 19.8 Å². The number of hydrogen-bond acceptors (Lipinski definition) is 4. The fraction of sp³-hybridized carbons (Fsp3) is 0.350. The lowest BCUT2D eigenvalue weighted by Gasteiger charge is -2.16. The molecule has 1 aliphatic heterocycles. The molecule has 130 valence electrons. The Morgan fingerprint density at radius 2 is 2.08 bits per heavy atom. The first kappa shape index (κ1) is 16.1. The van der Waals surface area contributed by atoms with Gasteiger partial charge in [0.1, 0.15) is 17.3 Å². The largest absolute Gasteiger partial charge is 0.456 e. The van der Waals surface area contributed by atoms with Crippen LogP contribution in [0.5, 0.6) is 0 Å². The first-order valence-electron chi connectivity index (χ1n) is 8.66. The van der Waals surface area contributed by atoms with E-state index in [0.29, 0.717) is 12.3 Å². The zero-order chi connectivity index (χ0) is 17.2. The Bertz CT molecular complexity index is 895. The van der Waals surface area contributed by atoms with Gasteiger partial charge < -0.3 is 19.2 Å². The third-order valence-electron chi connectivity index (χ3n) is 4.57. The molecule has 2 atom stereocenters. The summed E-state index contributed by atoms with van der Waals surface area (Å²) in [5.41, 5.74) is 2.30. The molecule has 1 amide bonds. The number of anilines is 1. The maximum Gasteiger partial charge on any atom is 0.253 e. The Labute approximate surface area is 145 Å². The summed E-state index contributed by atoms with van der Waals surface area (Å²) in [6.07, 6.45) is 1.64. The number of para-hydroxylation sites is 1. The standard InChI is InChI=1S/C20H21NO4/c1-13(24-12-15-5-4-10-23-15)20(22)21-14-8-9-17-16-6-2-3-7-18(16)25-19(17)11-14/h2-3,6-9,11,13,15H,4-5,10,12H2,1H3,(H,21,22)/t13-,15+/m1/s1. The quantitative estimate of drug-likeness (QED) is 0.760. The van der Waals surface area contributed by atoms with Crippen LogP contribution in [0.15, 0.2) is 46.9 Å². The third kappa shape index (κ3) is 3.38. The second-order valence-electron chi connectivity index (χ2n) is 6.41. The molecule has 1 N–H and O–H groups in total. The van der Waals surface area contributed by atoms with E-state index in [-0.39, 0.29) is 12.0 Å². The summed E-state index contributed by atoms with van der Waals surface area (Å²) >= 11 is 0. The minimum atomic E-state index is -0.532. The van der Waals surface area contributed by atoms with E-state index in [1.54, 1.807) is 6.92 Å². The van der Waals surface area contributed by atoms with Gasteiger partial charge in [0.2, 0.25) is 0 Å². The van der Waals surface area contributed by atoms with Gasteiger partial charge in [-0.25, -0.2) is 0 Å². The van der Waals surface area contributed by atoms with Crippen molar-refractivity contribution in [2.75, 3.05) is 18.5 Å². The van der Waals surface area contributed by atoms with E-state index in [1.165, 1.54) is 0 Å². The highest BCUT2D eigenvalue weighted by Gasteiger charge is 2.20. The Balaban J connectivity index is 1.44. The molecule has 0 aliphatic carbocycles. The molecule has 0 unspecified atom stereocenters. The number of benzene rings is 2. The van der Waals surface area contributed by atoms with Crippen molar-refractivity contribution in [1.82, 2.24) is 0 Å². The van der Waals surface area contributed by atoms with Gasteiger partial charge in [-0.1, -0.05) is 18.2 Å². The van der Waals surface area contributed by atoms with Crippen LogP contribution < -0.4 is 5.32 Å². The lowest BCUT2D eigenvalue weighted by atomic mass is 10.1. The number of carbonyl (C=O) groups excluding carboxylic acids is 1. The third-order valence-corrected chi connectivity index (χ3v) is 4.57. The summed E-state index contributed by atoms with van der Waals surface area (Å²) in [7, 11) is 0. The number of hydrogen-bond donors (Lipinski definition) is 1. The molecule has 2 heterocycles. The number of ether oxygens (including phenoxy) is 2. The molecule has 2 aromatic carbocycles. The predicted octanol–water partition coefficient (Wildman–Crippen LogP) is 4.11. The van der Waals surface area contributed by atoms with Gasteiger partial charge in [0.15, 0.2) is 0 Å². The molecule has 1 aliphatic rings. The van der Waals surface area contributed by atoms with Gasteiger partial charge in [-0.3, -0.25) is 4.79 Å². The van der Waals surface area contributed by atoms with Gasteiger partial charge in [0, 0.05) is 29.1 Å². The topological polar surface area (TPSA) is 60.7 Å². The van der Waals surface area contributed by atoms with Crippen molar-refractivity contribution in [3.05, 3.63) is 42.5 Å². The van der Waals surface area contributed by atoms with E-state index in [1.807, 2.05) is 42.5 Å². The molecular formula is C20H21NO4. The number of rotatable bonds is 5. The van der Waals surface area contributed by atoms with Crippen molar-refractivity contribution in [2.24, 2.45) is 0 Å². The number of furan rings is 1. The molecule has 0 bridgehead atoms. The average Bonchev–Trinajstić information content (AvgIpc) is 3.26. The molecule has 5 nitrogen and oxygen atoms in total. The summed E-state index contributed by atoms with van der Waals surface area (Å²) in [6.45, 7) is 2.99. The molecule has 1 fully saturated rings. The van der Waals surface area contributed by atoms with Gasteiger partial charge in [0.05, 0.1) is 12.7 Å². The summed E-state index contributed by atoms with van der Waals surface area (Å²) in [4.78, 5) is 12.3. The molecule has 25 heavy (non-hydrogen) atoms. The summed E-state index contributed by atoms with van der Waals surface area (Å²) in [6, 6.07) is 13.6. The van der Waals surface area contributed by atoms with E-state index in [9.17, 15) is 4.79 Å². The van der Waals surface area contributed by atoms with Gasteiger partial charge in [-0.05, 0) is 38.0 Å². The van der Waals surface area contributed by atoms with E-state index in [0.717, 1.165) is 41.4 Å². The Morgan fingerprint density at radius 3 is 2.92 bits per heavy atom. The molecule has 0 spiro atoms. The van der Waals surface area contributed by atoms with E-state index >= 15 is 0 Å². The number of amides is 1. The molecule has 1 saturated heterocycles. The minimum absolute atomic E-state index is 0.113. The minimum Gasteiger partial charge on any atom is -0.456 e. The smallest absolute Gasteiger partial charge is 0.253 e. The molecule has 0 radical (unpaired) electrons. The molecule has 3 aromatic rings. The van der Waals surface area contributed by atoms with Crippen molar-refractivity contribution >= 4 is 33.5 Å². The molecule has 1 aromatic heterocycles. The number of fused-ring (bicyclic) bond motifs is 3. The van der Waals surface area contributed by atoms with Crippen LogP contribution in [-0.4, -0.2) is 31.3 Å². The average molecular weight is 339 g/mol. The highest BCUT2D eigenvalue weighted by molar-refractivity contribution is 6.06. The summed E-state index contributed by atoms with van der Waals surface area (Å²) in [5.74, 6) is -0.173. The van der Waals surface area contributed by atoms with Gasteiger partial charge in [0.25, 0.3) is 5.91 Å². The molecule has 5 heteroatoms. The van der Waals surface area contributed by atoms with Crippen LogP contribution >= 0.6 is 0 Å². The number of carbonyl (C=O) groups is 1. The SMILES string of the molecule is C[C@@H](OC[C@@H]1CCCO1)C(=O)Nc1ccc2c(c1)oc1ccccc12. The van der Waals surface area contributed by atoms with Crippen LogP contribution in [0.4, 0.5) is 5.69 Å². The van der Waals surface area contributed by atoms with Crippen LogP contribution in [0.2, 0.25) is 0 Å². The maximum atomic E-state index is 12.3. The molecule has 0 saturated carbocycles. The normalized spacial score (nSPS) is 18.7. The zero-order valence-electron chi connectivity index (χ0n) is 14.2. The van der Waals surface area contributed by atoms with Crippen molar-refractivity contribution in [1.29, 1.82) is 0 Å². The summed E-state index contributed by atoms with van der Waals surface area (Å²) in [5, 5.41) is 5.00. The second-order valence-corrected chi connectivity index (χ2v) is 6.41. The van der Waals surface area contributed by atoms with Crippen molar-refractivity contribution in [2.45, 2.75) is 32.0 Å². The summed E-state index contributed by atoms with van der Waals surface area (Å²) < 4.78 is 17.0. The van der Waals surface area contributed by atoms with Gasteiger partial charge >= 0.3 is 0 Å². The van der Waals surface area contributed by atoms with Crippen LogP contribution in [0, 0.1) is 0 Å². The van der Waals surface area contributed by atoms with Crippen molar-refractivity contribution in [3.63, 3.8) is 0 Å². The molecular weight excluding hydrogens is 318 g/mol. The monoisotopic (exact) mass is 339 g/mol. The van der Waals surface area contributed by atoms with Crippen molar-refractivity contribution < 1.29 is 18.7 Å². The maximum absolute atomic E-state index is 12.3. The Hall–Kier alpha value is -2.37. The lowest BCUT2D eigenvalue weighted by molar-refractivity contribution is -0.128. The fourth-order valence-corrected chi connectivity index (χ4v) is 3.15. The van der Waals surface area contributed by atoms with Gasteiger partial charge in [-0.2, -0.15) is 0 Å². The number of nitrogens with one attached hydrogen (secondary N) is 1. The fourth-order valence-electron chi connectivity index (χ4n) is 3.15. The molecule has 4 rings (SSSR count). The van der Waals surface area contributed by atoms with E-state index in [4.69, 9.17) is 13.9 Å². The first-order chi connectivity index (χ1) is 12.2. The first-order valence-corrected chi connectivity index (χ1v) is 8.66. The van der Waals surface area contributed by atoms with Crippen LogP contribution in [0.3, 0.4) is 0 Å². The van der Waals surface area contributed by atoms with Gasteiger partial charge in [-0.15, -0.1) is 0 Å². The predicted molar refractivity (Wildman–Crippen MR) is 96.7 cm³/mol. The van der Waals surface area contributed by atoms with Crippen LogP contribution in [0.25, 0.3) is 21.9 Å². The Morgan fingerprint density at radius 1 is 1.24 bits per heavy atom. The second kappa shape index (κ2) is 6.86. The Kier molecular flexibility index (Phi) is 4.42. The highest BCUT2D eigenvalue weighted by atomic mass is 16.5. The lowest BCUT2D eigenvalue weighted by Crippen LogP contribution is -2.30. The van der Waals surface area contributed by atoms with E-state index < -0.39 is 6.10 Å². The van der Waals surface area contributed by atoms with Crippen LogP contribution in [-0.2, 0) is 14.3 Å². The van der Waals surface area contributed by atoms with E-state index in [2.05, 4.69) is 5.32 Å². The van der Waals surface area contributed by atoms with Crippen molar-refractivity contribution in [3.8, 4) is 0 Å².